The molecule has 3 atom stereocenters. The number of ether oxygens (including phenoxy) is 3. The van der Waals surface area contributed by atoms with Crippen LogP contribution in [0.5, 0.6) is 11.5 Å². The normalized spacial score (nSPS) is 22.8. The highest BCUT2D eigenvalue weighted by atomic mass is 35.5. The highest BCUT2D eigenvalue weighted by molar-refractivity contribution is 6.47. The Balaban J connectivity index is 2.10. The second-order valence-corrected chi connectivity index (χ2v) is 11.9. The summed E-state index contributed by atoms with van der Waals surface area (Å²) in [5.41, 5.74) is -1.80. The largest absolute Gasteiger partial charge is 0.497 e. The number of benzene rings is 2. The van der Waals surface area contributed by atoms with Crippen LogP contribution >= 0.6 is 11.6 Å². The fourth-order valence-electron chi connectivity index (χ4n) is 4.82. The third-order valence-corrected chi connectivity index (χ3v) is 6.86. The molecule has 7 nitrogen and oxygen atoms in total. The summed E-state index contributed by atoms with van der Waals surface area (Å²) in [6, 6.07) is 16.7. The Hall–Kier alpha value is -3.81. The molecule has 2 aromatic rings. The van der Waals surface area contributed by atoms with Gasteiger partial charge in [0.2, 0.25) is 0 Å². The average molecular weight is 532 g/mol. The molecule has 0 radical (unpaired) electrons. The number of hydrogen-bond acceptors (Lipinski definition) is 7. The van der Waals surface area contributed by atoms with E-state index in [1.54, 1.807) is 58.2 Å². The molecule has 0 saturated carbocycles. The maximum atomic E-state index is 13.3. The second kappa shape index (κ2) is 9.49. The van der Waals surface area contributed by atoms with Crippen molar-refractivity contribution in [3.05, 3.63) is 69.9 Å². The Kier molecular flexibility index (Phi) is 6.80. The van der Waals surface area contributed by atoms with Gasteiger partial charge in [-0.2, -0.15) is 10.5 Å². The molecule has 0 spiro atoms. The number of allylic oxidation sites excluding steroid dienone is 1. The summed E-state index contributed by atoms with van der Waals surface area (Å²) < 4.78 is 18.6. The number of halogens is 1. The number of nitrogens with zero attached hydrogens (tertiary/aromatic N) is 3. The first-order chi connectivity index (χ1) is 17.8. The van der Waals surface area contributed by atoms with Crippen LogP contribution in [0.15, 0.2) is 58.8 Å². The van der Waals surface area contributed by atoms with E-state index in [9.17, 15) is 15.3 Å². The zero-order valence-electron chi connectivity index (χ0n) is 22.5. The fourth-order valence-corrected chi connectivity index (χ4v) is 5.00. The zero-order chi connectivity index (χ0) is 28.0. The number of carbonyl (C=O) groups is 1. The number of methoxy groups -OCH3 is 1. The molecule has 0 unspecified atom stereocenters. The first-order valence-corrected chi connectivity index (χ1v) is 12.6. The number of Topliss-reactive ketones (excluding diaryl/α,β-unsaturated/α-hetero) is 1. The molecule has 8 heteroatoms. The highest BCUT2D eigenvalue weighted by Gasteiger charge is 2.63. The molecule has 0 aliphatic carbocycles. The van der Waals surface area contributed by atoms with Crippen molar-refractivity contribution in [3.63, 3.8) is 0 Å². The molecule has 2 heterocycles. The van der Waals surface area contributed by atoms with Gasteiger partial charge in [-0.3, -0.25) is 4.79 Å². The molecule has 2 aliphatic rings. The van der Waals surface area contributed by atoms with Crippen molar-refractivity contribution >= 4 is 23.1 Å². The molecule has 0 bridgehead atoms. The molecule has 0 N–H and O–H groups in total. The lowest BCUT2D eigenvalue weighted by Gasteiger charge is -2.43. The molecule has 0 aromatic heterocycles. The number of fused-ring (bicyclic) bond motifs is 3. The van der Waals surface area contributed by atoms with Crippen LogP contribution in [-0.4, -0.2) is 24.3 Å². The van der Waals surface area contributed by atoms with E-state index in [-0.39, 0.29) is 5.71 Å². The lowest BCUT2D eigenvalue weighted by Crippen LogP contribution is -2.47. The molecule has 0 saturated heterocycles. The summed E-state index contributed by atoms with van der Waals surface area (Å²) in [5, 5.41) is 21.0. The van der Waals surface area contributed by atoms with Crippen LogP contribution in [0.25, 0.3) is 0 Å². The first kappa shape index (κ1) is 27.2. The van der Waals surface area contributed by atoms with Crippen molar-refractivity contribution in [2.45, 2.75) is 59.3 Å². The van der Waals surface area contributed by atoms with E-state index in [1.807, 2.05) is 39.0 Å². The topological polar surface area (TPSA) is 105 Å². The van der Waals surface area contributed by atoms with Crippen molar-refractivity contribution < 1.29 is 19.0 Å². The van der Waals surface area contributed by atoms with Crippen LogP contribution in [0, 0.1) is 33.5 Å². The number of rotatable bonds is 4. The van der Waals surface area contributed by atoms with E-state index >= 15 is 0 Å². The molecule has 0 fully saturated rings. The number of hydrogen-bond donors (Lipinski definition) is 0. The number of nitriles is 2. The van der Waals surface area contributed by atoms with E-state index in [2.05, 4.69) is 6.07 Å². The standard InChI is InChI=1S/C30H30ClN3O4/c1-28(2,3)25(35)22(16-33)34-30-24(21(15-32)27(38-30)29(4,5)6)20-14-18(31)10-13-23(20)37-26(30)17-8-11-19(36-7)12-9-17/h8-14,24,26H,1-7H3/b34-22+/t24-,26-,30+/m0/s1. The van der Waals surface area contributed by atoms with Gasteiger partial charge in [-0.1, -0.05) is 65.3 Å². The van der Waals surface area contributed by atoms with Crippen molar-refractivity contribution in [1.29, 1.82) is 10.5 Å². The number of ketones is 1. The van der Waals surface area contributed by atoms with Gasteiger partial charge in [0, 0.05) is 21.4 Å². The third-order valence-electron chi connectivity index (χ3n) is 6.62. The Labute approximate surface area is 228 Å². The molecular formula is C30H30ClN3O4. The lowest BCUT2D eigenvalue weighted by atomic mass is 9.75. The quantitative estimate of drug-likeness (QED) is 0.407. The van der Waals surface area contributed by atoms with Crippen molar-refractivity contribution in [1.82, 2.24) is 0 Å². The smallest absolute Gasteiger partial charge is 0.253 e. The van der Waals surface area contributed by atoms with Gasteiger partial charge in [-0.15, -0.1) is 0 Å². The predicted molar refractivity (Wildman–Crippen MR) is 144 cm³/mol. The van der Waals surface area contributed by atoms with Gasteiger partial charge in [-0.25, -0.2) is 4.99 Å². The second-order valence-electron chi connectivity index (χ2n) is 11.5. The summed E-state index contributed by atoms with van der Waals surface area (Å²) in [6.45, 7) is 11.0. The third kappa shape index (κ3) is 4.52. The van der Waals surface area contributed by atoms with E-state index in [0.29, 0.717) is 39.0 Å². The molecule has 38 heavy (non-hydrogen) atoms. The molecule has 2 aromatic carbocycles. The van der Waals surface area contributed by atoms with Crippen molar-refractivity contribution in [2.75, 3.05) is 7.11 Å². The molecular weight excluding hydrogens is 502 g/mol. The molecule has 196 valence electrons. The lowest BCUT2D eigenvalue weighted by molar-refractivity contribution is -0.120. The predicted octanol–water partition coefficient (Wildman–Crippen LogP) is 6.70. The van der Waals surface area contributed by atoms with Crippen LogP contribution in [0.1, 0.15) is 64.7 Å². The minimum atomic E-state index is -1.66. The van der Waals surface area contributed by atoms with E-state index in [0.717, 1.165) is 0 Å². The molecule has 2 aliphatic heterocycles. The van der Waals surface area contributed by atoms with Crippen LogP contribution in [-0.2, 0) is 9.53 Å². The summed E-state index contributed by atoms with van der Waals surface area (Å²) >= 11 is 6.41. The van der Waals surface area contributed by atoms with Gasteiger partial charge in [0.1, 0.15) is 23.3 Å². The van der Waals surface area contributed by atoms with Gasteiger partial charge < -0.3 is 14.2 Å². The Morgan fingerprint density at radius 1 is 1.08 bits per heavy atom. The highest BCUT2D eigenvalue weighted by Crippen LogP contribution is 2.61. The summed E-state index contributed by atoms with van der Waals surface area (Å²) in [4.78, 5) is 18.1. The maximum Gasteiger partial charge on any atom is 0.253 e. The number of carbonyl (C=O) groups excluding carboxylic acids is 1. The van der Waals surface area contributed by atoms with Crippen LogP contribution in [0.4, 0.5) is 0 Å². The summed E-state index contributed by atoms with van der Waals surface area (Å²) in [7, 11) is 1.57. The Morgan fingerprint density at radius 2 is 1.74 bits per heavy atom. The number of aliphatic imine (C=N–C) groups is 1. The fraction of sp³-hybridized carbons (Fsp3) is 0.400. The Morgan fingerprint density at radius 3 is 2.26 bits per heavy atom. The zero-order valence-corrected chi connectivity index (χ0v) is 23.3. The van der Waals surface area contributed by atoms with Gasteiger partial charge in [0.25, 0.3) is 5.72 Å². The van der Waals surface area contributed by atoms with Crippen LogP contribution in [0.2, 0.25) is 5.02 Å². The Bertz CT molecular complexity index is 1430. The van der Waals surface area contributed by atoms with Gasteiger partial charge in [0.05, 0.1) is 24.7 Å². The summed E-state index contributed by atoms with van der Waals surface area (Å²) in [6.07, 6.45) is -0.911. The SMILES string of the molecule is COc1ccc([C@@H]2Oc3ccc(Cl)cc3[C@H]3C(C#N)=C(C(C)(C)C)O[C@]32/N=C(\C#N)C(=O)C(C)(C)C)cc1. The van der Waals surface area contributed by atoms with Gasteiger partial charge in [0.15, 0.2) is 17.6 Å². The van der Waals surface area contributed by atoms with Crippen LogP contribution < -0.4 is 9.47 Å². The summed E-state index contributed by atoms with van der Waals surface area (Å²) in [5.74, 6) is 0.352. The van der Waals surface area contributed by atoms with E-state index in [1.165, 1.54) is 0 Å². The average Bonchev–Trinajstić information content (AvgIpc) is 3.22. The van der Waals surface area contributed by atoms with E-state index in [4.69, 9.17) is 30.8 Å². The van der Waals surface area contributed by atoms with E-state index < -0.39 is 34.4 Å². The minimum Gasteiger partial charge on any atom is -0.497 e. The van der Waals surface area contributed by atoms with Crippen LogP contribution in [0.3, 0.4) is 0 Å². The van der Waals surface area contributed by atoms with Gasteiger partial charge in [-0.05, 0) is 35.9 Å². The monoisotopic (exact) mass is 531 g/mol. The van der Waals surface area contributed by atoms with Crippen molar-refractivity contribution in [3.8, 4) is 23.6 Å². The maximum absolute atomic E-state index is 13.3. The minimum absolute atomic E-state index is 0.303. The first-order valence-electron chi connectivity index (χ1n) is 12.3. The van der Waals surface area contributed by atoms with Gasteiger partial charge >= 0.3 is 0 Å². The molecule has 4 rings (SSSR count). The molecule has 0 amide bonds. The van der Waals surface area contributed by atoms with Crippen molar-refractivity contribution in [2.24, 2.45) is 15.8 Å².